The number of carboxylic acid groups (broad SMARTS) is 1. The fraction of sp³-hybridized carbons (Fsp3) is 0.333. The molecule has 0 bridgehead atoms. The average molecular weight is 462 g/mol. The van der Waals surface area contributed by atoms with Gasteiger partial charge in [-0.15, -0.1) is 0 Å². The number of likely N-dealkylation sites (N-methyl/N-ethyl adjacent to an activating group) is 1. The Morgan fingerprint density at radius 1 is 1.14 bits per heavy atom. The van der Waals surface area contributed by atoms with Crippen LogP contribution in [0.5, 0.6) is 11.5 Å². The second-order valence-corrected chi connectivity index (χ2v) is 8.81. The molecule has 0 unspecified atom stereocenters. The first-order valence-corrected chi connectivity index (χ1v) is 11.0. The number of carbonyl (C=O) groups excluding carboxylic acids is 1. The van der Waals surface area contributed by atoms with Crippen molar-refractivity contribution in [3.63, 3.8) is 0 Å². The standard InChI is InChI=1S/C21H25AsNO6/c1-5-28-21(26)15-7-6-8-17(19(15)20(24)25)22-16-10-9-14(27-4)13-18(16)29-12-11-23(2)3/h6-10,13H,5,11-12H2,1-4H3,(H,24,25). The molecule has 1 N–H and O–H groups in total. The maximum absolute atomic E-state index is 12.2. The predicted molar refractivity (Wildman–Crippen MR) is 111 cm³/mol. The number of benzene rings is 2. The number of carboxylic acids is 1. The summed E-state index contributed by atoms with van der Waals surface area (Å²) in [4.78, 5) is 26.1. The van der Waals surface area contributed by atoms with Crippen molar-refractivity contribution in [3.8, 4) is 11.5 Å². The summed E-state index contributed by atoms with van der Waals surface area (Å²) >= 11 is -0.754. The van der Waals surface area contributed by atoms with E-state index >= 15 is 0 Å². The van der Waals surface area contributed by atoms with Crippen molar-refractivity contribution in [2.75, 3.05) is 41.0 Å². The van der Waals surface area contributed by atoms with E-state index in [0.29, 0.717) is 22.5 Å². The van der Waals surface area contributed by atoms with E-state index < -0.39 is 27.7 Å². The summed E-state index contributed by atoms with van der Waals surface area (Å²) in [5.41, 5.74) is 0.0526. The second-order valence-electron chi connectivity index (χ2n) is 6.32. The van der Waals surface area contributed by atoms with Crippen molar-refractivity contribution in [2.45, 2.75) is 6.92 Å². The average Bonchev–Trinajstić information content (AvgIpc) is 2.68. The molecule has 0 aliphatic heterocycles. The first-order valence-electron chi connectivity index (χ1n) is 9.08. The summed E-state index contributed by atoms with van der Waals surface area (Å²) < 4.78 is 17.7. The maximum atomic E-state index is 12.2. The molecule has 0 fully saturated rings. The Balaban J connectivity index is 2.41. The van der Waals surface area contributed by atoms with Gasteiger partial charge in [0.25, 0.3) is 0 Å². The summed E-state index contributed by atoms with van der Waals surface area (Å²) in [6.45, 7) is 3.09. The first kappa shape index (κ1) is 22.8. The Kier molecular flexibility index (Phi) is 8.55. The number of nitrogens with zero attached hydrogens (tertiary/aromatic N) is 1. The van der Waals surface area contributed by atoms with Gasteiger partial charge in [0.15, 0.2) is 0 Å². The van der Waals surface area contributed by atoms with Crippen LogP contribution in [0.25, 0.3) is 0 Å². The van der Waals surface area contributed by atoms with Gasteiger partial charge in [-0.25, -0.2) is 0 Å². The van der Waals surface area contributed by atoms with Gasteiger partial charge in [0.1, 0.15) is 0 Å². The zero-order valence-corrected chi connectivity index (χ0v) is 18.8. The Bertz CT molecular complexity index is 868. The number of carbonyl (C=O) groups is 2. The fourth-order valence-electron chi connectivity index (χ4n) is 2.53. The van der Waals surface area contributed by atoms with Crippen molar-refractivity contribution in [1.29, 1.82) is 0 Å². The minimum atomic E-state index is -1.15. The van der Waals surface area contributed by atoms with Gasteiger partial charge in [-0.3, -0.25) is 0 Å². The molecule has 0 atom stereocenters. The van der Waals surface area contributed by atoms with Gasteiger partial charge < -0.3 is 0 Å². The number of hydrogen-bond acceptors (Lipinski definition) is 6. The Morgan fingerprint density at radius 2 is 1.90 bits per heavy atom. The SMILES string of the molecule is CCOC(=O)c1cccc([As]c2ccc(OC)cc2OCCN(C)C)c1C(=O)O. The van der Waals surface area contributed by atoms with Gasteiger partial charge in [0, 0.05) is 0 Å². The Labute approximate surface area is 177 Å². The summed E-state index contributed by atoms with van der Waals surface area (Å²) in [6.07, 6.45) is 0. The minimum absolute atomic E-state index is 0.0130. The zero-order valence-electron chi connectivity index (χ0n) is 17.0. The van der Waals surface area contributed by atoms with E-state index in [1.807, 2.05) is 31.1 Å². The van der Waals surface area contributed by atoms with E-state index in [1.165, 1.54) is 6.07 Å². The molecule has 1 radical (unpaired) electrons. The fourth-order valence-corrected chi connectivity index (χ4v) is 4.92. The third-order valence-corrected chi connectivity index (χ3v) is 6.52. The van der Waals surface area contributed by atoms with Crippen LogP contribution >= 0.6 is 0 Å². The summed E-state index contributed by atoms with van der Waals surface area (Å²) in [6, 6.07) is 10.4. The van der Waals surface area contributed by atoms with Crippen molar-refractivity contribution < 1.29 is 28.9 Å². The molecule has 2 rings (SSSR count). The molecule has 29 heavy (non-hydrogen) atoms. The van der Waals surface area contributed by atoms with Crippen LogP contribution in [0, 0.1) is 0 Å². The number of aromatic carboxylic acids is 1. The van der Waals surface area contributed by atoms with Crippen LogP contribution in [-0.4, -0.2) is 78.7 Å². The van der Waals surface area contributed by atoms with Crippen molar-refractivity contribution in [1.82, 2.24) is 4.90 Å². The molecule has 0 aromatic heterocycles. The third-order valence-electron chi connectivity index (χ3n) is 3.96. The van der Waals surface area contributed by atoms with Crippen LogP contribution < -0.4 is 18.2 Å². The molecule has 0 heterocycles. The summed E-state index contributed by atoms with van der Waals surface area (Å²) in [5, 5.41) is 9.75. The molecule has 0 spiro atoms. The molecule has 0 amide bonds. The zero-order chi connectivity index (χ0) is 21.4. The molecule has 8 heteroatoms. The van der Waals surface area contributed by atoms with Crippen LogP contribution in [-0.2, 0) is 4.74 Å². The Morgan fingerprint density at radius 3 is 2.52 bits per heavy atom. The molecule has 2 aromatic carbocycles. The topological polar surface area (TPSA) is 85.3 Å². The number of rotatable bonds is 10. The van der Waals surface area contributed by atoms with E-state index in [2.05, 4.69) is 0 Å². The number of ether oxygens (including phenoxy) is 3. The van der Waals surface area contributed by atoms with Gasteiger partial charge in [-0.05, 0) is 0 Å². The molecule has 7 nitrogen and oxygen atoms in total. The molecule has 2 aromatic rings. The predicted octanol–water partition coefficient (Wildman–Crippen LogP) is 1.17. The van der Waals surface area contributed by atoms with Gasteiger partial charge >= 0.3 is 177 Å². The van der Waals surface area contributed by atoms with Crippen LogP contribution in [0.15, 0.2) is 36.4 Å². The van der Waals surface area contributed by atoms with Crippen LogP contribution in [0.3, 0.4) is 0 Å². The third kappa shape index (κ3) is 6.24. The number of hydrogen-bond donors (Lipinski definition) is 1. The van der Waals surface area contributed by atoms with Crippen molar-refractivity contribution in [2.24, 2.45) is 0 Å². The molecule has 0 saturated carbocycles. The molecule has 0 aliphatic rings. The second kappa shape index (κ2) is 10.9. The van der Waals surface area contributed by atoms with E-state index in [-0.39, 0.29) is 17.7 Å². The van der Waals surface area contributed by atoms with E-state index in [0.717, 1.165) is 10.9 Å². The molecule has 0 saturated heterocycles. The summed E-state index contributed by atoms with van der Waals surface area (Å²) in [5.74, 6) is -0.467. The van der Waals surface area contributed by atoms with Gasteiger partial charge in [0.05, 0.1) is 0 Å². The van der Waals surface area contributed by atoms with E-state index in [1.54, 1.807) is 32.2 Å². The van der Waals surface area contributed by atoms with Crippen molar-refractivity contribution >= 4 is 36.4 Å². The van der Waals surface area contributed by atoms with Gasteiger partial charge in [-0.2, -0.15) is 0 Å². The van der Waals surface area contributed by atoms with Gasteiger partial charge in [0.2, 0.25) is 0 Å². The normalized spacial score (nSPS) is 11.1. The van der Waals surface area contributed by atoms with E-state index in [4.69, 9.17) is 14.2 Å². The number of esters is 1. The molecular formula is C21H25AsNO6. The molecule has 0 aliphatic carbocycles. The van der Waals surface area contributed by atoms with E-state index in [9.17, 15) is 14.7 Å². The number of methoxy groups -OCH3 is 1. The van der Waals surface area contributed by atoms with Gasteiger partial charge in [-0.1, -0.05) is 0 Å². The van der Waals surface area contributed by atoms with Crippen LogP contribution in [0.4, 0.5) is 0 Å². The monoisotopic (exact) mass is 462 g/mol. The quantitative estimate of drug-likeness (QED) is 0.419. The van der Waals surface area contributed by atoms with Crippen LogP contribution in [0.2, 0.25) is 0 Å². The summed E-state index contributed by atoms with van der Waals surface area (Å²) in [7, 11) is 5.50. The first-order chi connectivity index (χ1) is 13.9. The molecular weight excluding hydrogens is 437 g/mol. The molecule has 155 valence electrons. The van der Waals surface area contributed by atoms with Crippen molar-refractivity contribution in [3.05, 3.63) is 47.5 Å². The Hall–Kier alpha value is -2.50. The van der Waals surface area contributed by atoms with Crippen LogP contribution in [0.1, 0.15) is 27.6 Å².